The van der Waals surface area contributed by atoms with E-state index in [1.165, 1.54) is 36.2 Å². The van der Waals surface area contributed by atoms with Crippen molar-refractivity contribution in [1.82, 2.24) is 4.98 Å². The monoisotopic (exact) mass is 147 g/mol. The van der Waals surface area contributed by atoms with Crippen LogP contribution in [0, 0.1) is 0 Å². The second-order valence-electron chi connectivity index (χ2n) is 3.12. The Bertz CT molecular complexity index is 266. The van der Waals surface area contributed by atoms with Crippen LogP contribution in [0.15, 0.2) is 12.1 Å². The third kappa shape index (κ3) is 1.15. The van der Waals surface area contributed by atoms with E-state index in [1.54, 1.807) is 0 Å². The number of rotatable bonds is 1. The maximum absolute atomic E-state index is 4.57. The van der Waals surface area contributed by atoms with Gasteiger partial charge in [-0.1, -0.05) is 13.0 Å². The van der Waals surface area contributed by atoms with Gasteiger partial charge in [0, 0.05) is 11.4 Å². The summed E-state index contributed by atoms with van der Waals surface area (Å²) in [4.78, 5) is 4.57. The van der Waals surface area contributed by atoms with Gasteiger partial charge in [0.15, 0.2) is 0 Å². The molecule has 0 radical (unpaired) electrons. The summed E-state index contributed by atoms with van der Waals surface area (Å²) in [6, 6.07) is 4.40. The molecule has 0 N–H and O–H groups in total. The minimum absolute atomic E-state index is 1.06. The highest BCUT2D eigenvalue weighted by atomic mass is 14.7. The Morgan fingerprint density at radius 1 is 1.36 bits per heavy atom. The van der Waals surface area contributed by atoms with Crippen molar-refractivity contribution in [2.45, 2.75) is 32.6 Å². The summed E-state index contributed by atoms with van der Waals surface area (Å²) in [6.45, 7) is 2.16. The summed E-state index contributed by atoms with van der Waals surface area (Å²) in [6.07, 6.45) is 4.80. The van der Waals surface area contributed by atoms with Crippen LogP contribution in [0.5, 0.6) is 0 Å². The SMILES string of the molecule is CCc1ccc2c(n1)CCC2. The molecule has 1 aliphatic rings. The molecule has 1 heteroatoms. The van der Waals surface area contributed by atoms with Crippen molar-refractivity contribution in [2.75, 3.05) is 0 Å². The van der Waals surface area contributed by atoms with E-state index in [9.17, 15) is 0 Å². The van der Waals surface area contributed by atoms with Crippen LogP contribution >= 0.6 is 0 Å². The number of pyridine rings is 1. The fourth-order valence-corrected chi connectivity index (χ4v) is 1.66. The lowest BCUT2D eigenvalue weighted by Crippen LogP contribution is -1.92. The highest BCUT2D eigenvalue weighted by Crippen LogP contribution is 2.19. The first-order valence-corrected chi connectivity index (χ1v) is 4.38. The first kappa shape index (κ1) is 6.84. The second kappa shape index (κ2) is 2.65. The third-order valence-corrected chi connectivity index (χ3v) is 2.35. The van der Waals surface area contributed by atoms with Crippen molar-refractivity contribution in [3.05, 3.63) is 29.1 Å². The molecule has 0 aliphatic heterocycles. The van der Waals surface area contributed by atoms with Crippen molar-refractivity contribution in [2.24, 2.45) is 0 Å². The molecule has 1 nitrogen and oxygen atoms in total. The van der Waals surface area contributed by atoms with E-state index in [1.807, 2.05) is 0 Å². The maximum atomic E-state index is 4.57. The first-order chi connectivity index (χ1) is 5.40. The minimum atomic E-state index is 1.06. The highest BCUT2D eigenvalue weighted by Gasteiger charge is 2.11. The summed E-state index contributed by atoms with van der Waals surface area (Å²) in [5.74, 6) is 0. The number of aromatic nitrogens is 1. The third-order valence-electron chi connectivity index (χ3n) is 2.35. The minimum Gasteiger partial charge on any atom is -0.258 e. The molecule has 1 aromatic heterocycles. The molecule has 0 saturated carbocycles. The first-order valence-electron chi connectivity index (χ1n) is 4.38. The Balaban J connectivity index is 2.41. The Labute approximate surface area is 67.5 Å². The number of aryl methyl sites for hydroxylation is 3. The zero-order valence-corrected chi connectivity index (χ0v) is 6.93. The van der Waals surface area contributed by atoms with Crippen molar-refractivity contribution in [3.63, 3.8) is 0 Å². The summed E-state index contributed by atoms with van der Waals surface area (Å²) < 4.78 is 0. The van der Waals surface area contributed by atoms with E-state index in [4.69, 9.17) is 0 Å². The van der Waals surface area contributed by atoms with Crippen molar-refractivity contribution in [3.8, 4) is 0 Å². The Morgan fingerprint density at radius 3 is 3.09 bits per heavy atom. The lowest BCUT2D eigenvalue weighted by molar-refractivity contribution is 0.891. The molecule has 0 saturated heterocycles. The second-order valence-corrected chi connectivity index (χ2v) is 3.12. The zero-order chi connectivity index (χ0) is 7.68. The van der Waals surface area contributed by atoms with Gasteiger partial charge in [0.25, 0.3) is 0 Å². The number of hydrogen-bond acceptors (Lipinski definition) is 1. The van der Waals surface area contributed by atoms with Crippen molar-refractivity contribution in [1.29, 1.82) is 0 Å². The van der Waals surface area contributed by atoms with Gasteiger partial charge in [0.2, 0.25) is 0 Å². The molecule has 0 spiro atoms. The van der Waals surface area contributed by atoms with Gasteiger partial charge in [-0.2, -0.15) is 0 Å². The van der Waals surface area contributed by atoms with E-state index in [-0.39, 0.29) is 0 Å². The molecular weight excluding hydrogens is 134 g/mol. The van der Waals surface area contributed by atoms with Crippen LogP contribution in [-0.2, 0) is 19.3 Å². The molecule has 58 valence electrons. The summed E-state index contributed by atoms with van der Waals surface area (Å²) >= 11 is 0. The van der Waals surface area contributed by atoms with Crippen molar-refractivity contribution >= 4 is 0 Å². The van der Waals surface area contributed by atoms with E-state index in [2.05, 4.69) is 24.0 Å². The Hall–Kier alpha value is -0.850. The van der Waals surface area contributed by atoms with Gasteiger partial charge in [-0.25, -0.2) is 0 Å². The van der Waals surface area contributed by atoms with Gasteiger partial charge >= 0.3 is 0 Å². The van der Waals surface area contributed by atoms with Crippen molar-refractivity contribution < 1.29 is 0 Å². The number of nitrogens with zero attached hydrogens (tertiary/aromatic N) is 1. The molecule has 1 aliphatic carbocycles. The molecule has 0 fully saturated rings. The lowest BCUT2D eigenvalue weighted by atomic mass is 10.2. The van der Waals surface area contributed by atoms with E-state index >= 15 is 0 Å². The molecule has 1 heterocycles. The molecule has 0 bridgehead atoms. The van der Waals surface area contributed by atoms with E-state index in [0.29, 0.717) is 0 Å². The topological polar surface area (TPSA) is 12.9 Å². The van der Waals surface area contributed by atoms with Gasteiger partial charge in [-0.05, 0) is 37.3 Å². The van der Waals surface area contributed by atoms with Crippen LogP contribution < -0.4 is 0 Å². The largest absolute Gasteiger partial charge is 0.258 e. The van der Waals surface area contributed by atoms with Crippen LogP contribution in [-0.4, -0.2) is 4.98 Å². The molecule has 0 atom stereocenters. The Morgan fingerprint density at radius 2 is 2.27 bits per heavy atom. The van der Waals surface area contributed by atoms with Gasteiger partial charge in [-0.15, -0.1) is 0 Å². The van der Waals surface area contributed by atoms with Gasteiger partial charge in [0.1, 0.15) is 0 Å². The summed E-state index contributed by atoms with van der Waals surface area (Å²) in [5.41, 5.74) is 4.07. The van der Waals surface area contributed by atoms with Crippen LogP contribution in [0.25, 0.3) is 0 Å². The highest BCUT2D eigenvalue weighted by molar-refractivity contribution is 5.26. The van der Waals surface area contributed by atoms with Gasteiger partial charge in [-0.3, -0.25) is 4.98 Å². The maximum Gasteiger partial charge on any atom is 0.0438 e. The summed E-state index contributed by atoms with van der Waals surface area (Å²) in [7, 11) is 0. The molecule has 2 rings (SSSR count). The van der Waals surface area contributed by atoms with Crippen LogP contribution in [0.3, 0.4) is 0 Å². The predicted octanol–water partition coefficient (Wildman–Crippen LogP) is 2.13. The fourth-order valence-electron chi connectivity index (χ4n) is 1.66. The average molecular weight is 147 g/mol. The number of hydrogen-bond donors (Lipinski definition) is 0. The zero-order valence-electron chi connectivity index (χ0n) is 6.93. The number of fused-ring (bicyclic) bond motifs is 1. The molecule has 1 aromatic rings. The fraction of sp³-hybridized carbons (Fsp3) is 0.500. The van der Waals surface area contributed by atoms with Gasteiger partial charge in [0.05, 0.1) is 0 Å². The smallest absolute Gasteiger partial charge is 0.0438 e. The average Bonchev–Trinajstić information content (AvgIpc) is 2.50. The van der Waals surface area contributed by atoms with Gasteiger partial charge < -0.3 is 0 Å². The molecule has 11 heavy (non-hydrogen) atoms. The predicted molar refractivity (Wildman–Crippen MR) is 45.6 cm³/mol. The molecular formula is C10H13N. The summed E-state index contributed by atoms with van der Waals surface area (Å²) in [5, 5.41) is 0. The normalized spacial score (nSPS) is 15.0. The van der Waals surface area contributed by atoms with Crippen LogP contribution in [0.2, 0.25) is 0 Å². The van der Waals surface area contributed by atoms with Crippen LogP contribution in [0.1, 0.15) is 30.3 Å². The van der Waals surface area contributed by atoms with Crippen LogP contribution in [0.4, 0.5) is 0 Å². The molecule has 0 aromatic carbocycles. The Kier molecular flexibility index (Phi) is 1.65. The quantitative estimate of drug-likeness (QED) is 0.593. The van der Waals surface area contributed by atoms with E-state index < -0.39 is 0 Å². The van der Waals surface area contributed by atoms with E-state index in [0.717, 1.165) is 6.42 Å². The molecule has 0 amide bonds. The molecule has 0 unspecified atom stereocenters. The standard InChI is InChI=1S/C10H13N/c1-2-9-7-6-8-4-3-5-10(8)11-9/h6-7H,2-5H2,1H3. The lowest BCUT2D eigenvalue weighted by Gasteiger charge is -1.99.